The molecule has 0 N–H and O–H groups in total. The van der Waals surface area contributed by atoms with Gasteiger partial charge < -0.3 is 9.47 Å². The lowest BCUT2D eigenvalue weighted by atomic mass is 9.96. The van der Waals surface area contributed by atoms with Crippen LogP contribution >= 0.6 is 0 Å². The van der Waals surface area contributed by atoms with Crippen molar-refractivity contribution in [1.29, 1.82) is 0 Å². The Bertz CT molecular complexity index is 687. The van der Waals surface area contributed by atoms with E-state index in [2.05, 4.69) is 0 Å². The summed E-state index contributed by atoms with van der Waals surface area (Å²) >= 11 is 0. The lowest BCUT2D eigenvalue weighted by Gasteiger charge is -2.14. The fraction of sp³-hybridized carbons (Fsp3) is 0.278. The second kappa shape index (κ2) is 6.00. The van der Waals surface area contributed by atoms with Crippen LogP contribution in [0.25, 0.3) is 0 Å². The van der Waals surface area contributed by atoms with Crippen molar-refractivity contribution in [2.75, 3.05) is 14.2 Å². The van der Waals surface area contributed by atoms with Crippen LogP contribution < -0.4 is 9.47 Å². The van der Waals surface area contributed by atoms with Crippen LogP contribution in [0.3, 0.4) is 0 Å². The smallest absolute Gasteiger partial charge is 0.200 e. The molecule has 3 heteroatoms. The largest absolute Gasteiger partial charge is 0.496 e. The number of carbonyl (C=O) groups is 1. The van der Waals surface area contributed by atoms with Gasteiger partial charge in [-0.3, -0.25) is 4.79 Å². The van der Waals surface area contributed by atoms with Crippen molar-refractivity contribution in [2.24, 2.45) is 0 Å². The van der Waals surface area contributed by atoms with E-state index in [9.17, 15) is 4.79 Å². The van der Waals surface area contributed by atoms with E-state index >= 15 is 0 Å². The summed E-state index contributed by atoms with van der Waals surface area (Å²) in [6.07, 6.45) is 0. The van der Waals surface area contributed by atoms with Crippen LogP contribution in [0, 0.1) is 20.8 Å². The summed E-state index contributed by atoms with van der Waals surface area (Å²) in [4.78, 5) is 12.9. The highest BCUT2D eigenvalue weighted by molar-refractivity contribution is 6.12. The molecule has 21 heavy (non-hydrogen) atoms. The number of benzene rings is 2. The Morgan fingerprint density at radius 2 is 1.62 bits per heavy atom. The third-order valence-electron chi connectivity index (χ3n) is 3.73. The number of methoxy groups -OCH3 is 2. The lowest BCUT2D eigenvalue weighted by molar-refractivity contribution is 0.103. The number of hydrogen-bond donors (Lipinski definition) is 0. The summed E-state index contributed by atoms with van der Waals surface area (Å²) in [7, 11) is 3.16. The minimum atomic E-state index is -0.0875. The second-order valence-electron chi connectivity index (χ2n) is 5.12. The van der Waals surface area contributed by atoms with Gasteiger partial charge in [-0.2, -0.15) is 0 Å². The zero-order valence-electron chi connectivity index (χ0n) is 13.1. The van der Waals surface area contributed by atoms with Gasteiger partial charge in [-0.25, -0.2) is 0 Å². The highest BCUT2D eigenvalue weighted by Crippen LogP contribution is 2.31. The standard InChI is InChI=1S/C18H20O3/c1-11-6-9-16(20-4)15(10-11)17(19)14-8-7-12(2)13(3)18(14)21-5/h6-10H,1-5H3. The normalized spacial score (nSPS) is 10.3. The van der Waals surface area contributed by atoms with Crippen molar-refractivity contribution < 1.29 is 14.3 Å². The van der Waals surface area contributed by atoms with Gasteiger partial charge in [0.25, 0.3) is 0 Å². The van der Waals surface area contributed by atoms with Gasteiger partial charge in [-0.15, -0.1) is 0 Å². The maximum atomic E-state index is 12.9. The predicted molar refractivity (Wildman–Crippen MR) is 83.6 cm³/mol. The summed E-state index contributed by atoms with van der Waals surface area (Å²) in [5.74, 6) is 1.12. The van der Waals surface area contributed by atoms with E-state index in [1.165, 1.54) is 0 Å². The summed E-state index contributed by atoms with van der Waals surface area (Å²) < 4.78 is 10.8. The van der Waals surface area contributed by atoms with Gasteiger partial charge >= 0.3 is 0 Å². The Kier molecular flexibility index (Phi) is 4.32. The molecule has 0 radical (unpaired) electrons. The van der Waals surface area contributed by atoms with E-state index in [1.807, 2.05) is 51.1 Å². The first kappa shape index (κ1) is 15.1. The molecule has 2 rings (SSSR count). The Morgan fingerprint density at radius 3 is 2.24 bits per heavy atom. The molecule has 0 aliphatic carbocycles. The second-order valence-corrected chi connectivity index (χ2v) is 5.12. The van der Waals surface area contributed by atoms with E-state index in [0.717, 1.165) is 16.7 Å². The van der Waals surface area contributed by atoms with Gasteiger partial charge in [-0.05, 0) is 50.1 Å². The number of aryl methyl sites for hydroxylation is 2. The number of rotatable bonds is 4. The molecule has 0 fully saturated rings. The molecule has 0 unspecified atom stereocenters. The van der Waals surface area contributed by atoms with Crippen LogP contribution in [-0.2, 0) is 0 Å². The minimum absolute atomic E-state index is 0.0875. The average molecular weight is 284 g/mol. The fourth-order valence-electron chi connectivity index (χ4n) is 2.38. The van der Waals surface area contributed by atoms with Crippen LogP contribution in [-0.4, -0.2) is 20.0 Å². The van der Waals surface area contributed by atoms with Crippen molar-refractivity contribution in [2.45, 2.75) is 20.8 Å². The molecule has 0 saturated heterocycles. The zero-order chi connectivity index (χ0) is 15.6. The molecule has 110 valence electrons. The summed E-state index contributed by atoms with van der Waals surface area (Å²) in [5, 5.41) is 0. The Hall–Kier alpha value is -2.29. The molecule has 0 amide bonds. The minimum Gasteiger partial charge on any atom is -0.496 e. The topological polar surface area (TPSA) is 35.5 Å². The van der Waals surface area contributed by atoms with E-state index < -0.39 is 0 Å². The van der Waals surface area contributed by atoms with Crippen molar-refractivity contribution in [3.05, 3.63) is 58.1 Å². The van der Waals surface area contributed by atoms with Crippen LogP contribution in [0.4, 0.5) is 0 Å². The molecule has 0 saturated carbocycles. The third kappa shape index (κ3) is 2.77. The van der Waals surface area contributed by atoms with Gasteiger partial charge in [0.15, 0.2) is 5.78 Å². The summed E-state index contributed by atoms with van der Waals surface area (Å²) in [6.45, 7) is 5.91. The van der Waals surface area contributed by atoms with Gasteiger partial charge in [-0.1, -0.05) is 17.7 Å². The first-order chi connectivity index (χ1) is 9.99. The SMILES string of the molecule is COc1ccc(C)cc1C(=O)c1ccc(C)c(C)c1OC. The van der Waals surface area contributed by atoms with E-state index in [4.69, 9.17) is 9.47 Å². The molecule has 0 bridgehead atoms. The van der Waals surface area contributed by atoms with Crippen LogP contribution in [0.15, 0.2) is 30.3 Å². The van der Waals surface area contributed by atoms with Crippen LogP contribution in [0.1, 0.15) is 32.6 Å². The highest BCUT2D eigenvalue weighted by atomic mass is 16.5. The number of carbonyl (C=O) groups excluding carboxylic acids is 1. The van der Waals surface area contributed by atoms with Gasteiger partial charge in [0.1, 0.15) is 11.5 Å². The maximum Gasteiger partial charge on any atom is 0.200 e. The molecule has 0 aliphatic heterocycles. The van der Waals surface area contributed by atoms with Gasteiger partial charge in [0.05, 0.1) is 25.3 Å². The van der Waals surface area contributed by atoms with Gasteiger partial charge in [0.2, 0.25) is 0 Å². The molecule has 0 heterocycles. The van der Waals surface area contributed by atoms with Crippen LogP contribution in [0.5, 0.6) is 11.5 Å². The highest BCUT2D eigenvalue weighted by Gasteiger charge is 2.20. The van der Waals surface area contributed by atoms with E-state index in [1.54, 1.807) is 14.2 Å². The molecule has 0 aromatic heterocycles. The Morgan fingerprint density at radius 1 is 0.905 bits per heavy atom. The molecular weight excluding hydrogens is 264 g/mol. The molecule has 0 spiro atoms. The van der Waals surface area contributed by atoms with Gasteiger partial charge in [0, 0.05) is 0 Å². The molecule has 2 aromatic rings. The van der Waals surface area contributed by atoms with Crippen LogP contribution in [0.2, 0.25) is 0 Å². The molecule has 3 nitrogen and oxygen atoms in total. The summed E-state index contributed by atoms with van der Waals surface area (Å²) in [6, 6.07) is 9.33. The molecule has 0 atom stereocenters. The number of ether oxygens (including phenoxy) is 2. The Balaban J connectivity index is 2.60. The quantitative estimate of drug-likeness (QED) is 0.800. The summed E-state index contributed by atoms with van der Waals surface area (Å²) in [5.41, 5.74) is 4.21. The molecule has 0 aliphatic rings. The average Bonchev–Trinajstić information content (AvgIpc) is 2.49. The third-order valence-corrected chi connectivity index (χ3v) is 3.73. The maximum absolute atomic E-state index is 12.9. The predicted octanol–water partition coefficient (Wildman–Crippen LogP) is 3.86. The fourth-order valence-corrected chi connectivity index (χ4v) is 2.38. The zero-order valence-corrected chi connectivity index (χ0v) is 13.1. The lowest BCUT2D eigenvalue weighted by Crippen LogP contribution is -2.08. The monoisotopic (exact) mass is 284 g/mol. The van der Waals surface area contributed by atoms with Crippen molar-refractivity contribution >= 4 is 5.78 Å². The van der Waals surface area contributed by atoms with E-state index in [-0.39, 0.29) is 5.78 Å². The Labute approximate surface area is 125 Å². The van der Waals surface area contributed by atoms with E-state index in [0.29, 0.717) is 22.6 Å². The molecule has 2 aromatic carbocycles. The van der Waals surface area contributed by atoms with Crippen molar-refractivity contribution in [1.82, 2.24) is 0 Å². The van der Waals surface area contributed by atoms with Crippen molar-refractivity contribution in [3.8, 4) is 11.5 Å². The van der Waals surface area contributed by atoms with Crippen molar-refractivity contribution in [3.63, 3.8) is 0 Å². The number of hydrogen-bond acceptors (Lipinski definition) is 3. The molecular formula is C18H20O3. The first-order valence-corrected chi connectivity index (χ1v) is 6.83. The first-order valence-electron chi connectivity index (χ1n) is 6.83. The number of ketones is 1.